The van der Waals surface area contributed by atoms with Gasteiger partial charge in [0, 0.05) is 21.1 Å². The van der Waals surface area contributed by atoms with Gasteiger partial charge in [-0.3, -0.25) is 4.90 Å². The number of urea groups is 1. The van der Waals surface area contributed by atoms with Gasteiger partial charge in [0.25, 0.3) is 0 Å². The van der Waals surface area contributed by atoms with Crippen molar-refractivity contribution in [2.45, 2.75) is 0 Å². The molecule has 0 spiro atoms. The topological polar surface area (TPSA) is 26.8 Å². The Kier molecular flexibility index (Phi) is 3.66. The van der Waals surface area contributed by atoms with Gasteiger partial charge in [-0.2, -0.15) is 0 Å². The monoisotopic (exact) mass is 167 g/mol. The highest BCUT2D eigenvalue weighted by Crippen LogP contribution is 2.02. The summed E-state index contributed by atoms with van der Waals surface area (Å²) in [7, 11) is 12.0. The molecule has 0 saturated heterocycles. The highest BCUT2D eigenvalue weighted by Gasteiger charge is 2.13. The molecule has 12 heavy (non-hydrogen) atoms. The number of carbonyl (C=O) groups is 1. The van der Waals surface area contributed by atoms with Gasteiger partial charge in [-0.25, -0.2) is 4.79 Å². The molecule has 0 saturated carbocycles. The third kappa shape index (κ3) is 2.49. The number of rotatable bonds is 2. The molecule has 0 aromatic rings. The van der Waals surface area contributed by atoms with Crippen molar-refractivity contribution in [1.82, 2.24) is 14.6 Å². The van der Waals surface area contributed by atoms with E-state index in [9.17, 15) is 4.79 Å². The maximum atomic E-state index is 11.2. The molecular weight excluding hydrogens is 153 g/mol. The predicted molar refractivity (Wildman–Crippen MR) is 49.5 cm³/mol. The van der Waals surface area contributed by atoms with Crippen LogP contribution in [-0.4, -0.2) is 56.8 Å². The molecule has 4 nitrogen and oxygen atoms in total. The molecule has 66 valence electrons. The molecule has 0 fully saturated rings. The highest BCUT2D eigenvalue weighted by atomic mass is 16.2. The van der Waals surface area contributed by atoms with Crippen LogP contribution in [0.25, 0.3) is 0 Å². The van der Waals surface area contributed by atoms with E-state index in [1.165, 1.54) is 11.9 Å². The van der Waals surface area contributed by atoms with Crippen LogP contribution in [0.5, 0.6) is 0 Å². The first kappa shape index (κ1) is 10.9. The van der Waals surface area contributed by atoms with Gasteiger partial charge in [0.15, 0.2) is 0 Å². The van der Waals surface area contributed by atoms with E-state index in [1.54, 1.807) is 11.9 Å². The summed E-state index contributed by atoms with van der Waals surface area (Å²) in [4.78, 5) is 15.3. The maximum absolute atomic E-state index is 11.2. The van der Waals surface area contributed by atoms with E-state index in [-0.39, 0.29) is 6.03 Å². The Morgan fingerprint density at radius 3 is 1.92 bits per heavy atom. The van der Waals surface area contributed by atoms with Crippen LogP contribution in [0.3, 0.4) is 0 Å². The van der Waals surface area contributed by atoms with E-state index in [4.69, 9.17) is 7.98 Å². The lowest BCUT2D eigenvalue weighted by Gasteiger charge is -2.28. The molecule has 2 amide bonds. The number of amides is 2. The number of hydrogen-bond acceptors (Lipinski definition) is 2. The Hall–Kier alpha value is -1.13. The third-order valence-corrected chi connectivity index (χ3v) is 1.49. The summed E-state index contributed by atoms with van der Waals surface area (Å²) >= 11 is 0. The van der Waals surface area contributed by atoms with Gasteiger partial charge < -0.3 is 9.71 Å². The molecule has 0 aromatic heterocycles. The fourth-order valence-electron chi connectivity index (χ4n) is 0.647. The Labute approximate surface area is 74.9 Å². The van der Waals surface area contributed by atoms with Crippen LogP contribution < -0.4 is 0 Å². The number of nitrogens with zero attached hydrogens (tertiary/aromatic N) is 3. The summed E-state index contributed by atoms with van der Waals surface area (Å²) in [6.07, 6.45) is 0. The molecule has 0 aromatic carbocycles. The van der Waals surface area contributed by atoms with Crippen molar-refractivity contribution in [2.24, 2.45) is 0 Å². The molecule has 0 aliphatic heterocycles. The molecule has 0 aliphatic carbocycles. The van der Waals surface area contributed by atoms with Gasteiger partial charge in [0.1, 0.15) is 5.82 Å². The predicted octanol–water partition coefficient (Wildman–Crippen LogP) is 0.0863. The first-order valence-corrected chi connectivity index (χ1v) is 3.50. The highest BCUT2D eigenvalue weighted by molar-refractivity contribution is 6.13. The largest absolute Gasteiger partial charge is 0.381 e. The van der Waals surface area contributed by atoms with Crippen molar-refractivity contribution in [3.8, 4) is 0 Å². The molecule has 5 heteroatoms. The van der Waals surface area contributed by atoms with Crippen LogP contribution in [0.15, 0.2) is 12.4 Å². The van der Waals surface area contributed by atoms with Gasteiger partial charge in [0.05, 0.1) is 0 Å². The van der Waals surface area contributed by atoms with Gasteiger partial charge in [-0.05, 0) is 7.05 Å². The molecule has 0 rings (SSSR count). The Morgan fingerprint density at radius 1 is 1.25 bits per heavy atom. The quantitative estimate of drug-likeness (QED) is 0.544. The number of carbonyl (C=O) groups excluding carboxylic acids is 1. The van der Waals surface area contributed by atoms with Crippen molar-refractivity contribution < 1.29 is 4.79 Å². The van der Waals surface area contributed by atoms with Crippen molar-refractivity contribution in [2.75, 3.05) is 28.2 Å². The SMILES string of the molecule is [B]N(C)C(=O)N(C)C(=C)N(C)C. The second-order valence-corrected chi connectivity index (χ2v) is 2.76. The molecule has 0 heterocycles. The number of hydrogen-bond donors (Lipinski definition) is 0. The van der Waals surface area contributed by atoms with Crippen molar-refractivity contribution in [3.05, 3.63) is 12.4 Å². The Balaban J connectivity index is 4.30. The average molecular weight is 167 g/mol. The van der Waals surface area contributed by atoms with E-state index in [0.717, 1.165) is 4.81 Å². The van der Waals surface area contributed by atoms with Gasteiger partial charge in [-0.15, -0.1) is 0 Å². The van der Waals surface area contributed by atoms with E-state index in [2.05, 4.69) is 6.58 Å². The molecule has 0 N–H and O–H groups in total. The van der Waals surface area contributed by atoms with Crippen molar-refractivity contribution >= 4 is 14.0 Å². The summed E-state index contributed by atoms with van der Waals surface area (Å²) in [5.74, 6) is 0.595. The molecule has 0 unspecified atom stereocenters. The molecule has 0 aliphatic rings. The van der Waals surface area contributed by atoms with Crippen LogP contribution in [0.1, 0.15) is 0 Å². The first-order valence-electron chi connectivity index (χ1n) is 3.50. The smallest absolute Gasteiger partial charge is 0.312 e. The van der Waals surface area contributed by atoms with Gasteiger partial charge in [0.2, 0.25) is 7.98 Å². The second kappa shape index (κ2) is 4.04. The molecule has 2 radical (unpaired) electrons. The fraction of sp³-hybridized carbons (Fsp3) is 0.571. The lowest BCUT2D eigenvalue weighted by molar-refractivity contribution is 0.194. The minimum Gasteiger partial charge on any atom is -0.381 e. The summed E-state index contributed by atoms with van der Waals surface area (Å²) < 4.78 is 0. The zero-order chi connectivity index (χ0) is 9.89. The zero-order valence-corrected chi connectivity index (χ0v) is 8.03. The summed E-state index contributed by atoms with van der Waals surface area (Å²) in [5, 5.41) is 0. The van der Waals surface area contributed by atoms with E-state index in [1.807, 2.05) is 14.1 Å². The van der Waals surface area contributed by atoms with E-state index < -0.39 is 0 Å². The van der Waals surface area contributed by atoms with Crippen LogP contribution in [-0.2, 0) is 0 Å². The van der Waals surface area contributed by atoms with Crippen LogP contribution in [0.2, 0.25) is 0 Å². The van der Waals surface area contributed by atoms with Gasteiger partial charge in [-0.1, -0.05) is 6.58 Å². The Morgan fingerprint density at radius 2 is 1.67 bits per heavy atom. The van der Waals surface area contributed by atoms with Crippen LogP contribution in [0, 0.1) is 0 Å². The summed E-state index contributed by atoms with van der Waals surface area (Å²) in [6, 6.07) is -0.297. The van der Waals surface area contributed by atoms with E-state index >= 15 is 0 Å². The van der Waals surface area contributed by atoms with E-state index in [0.29, 0.717) is 5.82 Å². The lowest BCUT2D eigenvalue weighted by Crippen LogP contribution is -2.39. The molecule has 0 bridgehead atoms. The summed E-state index contributed by atoms with van der Waals surface area (Å²) in [6.45, 7) is 3.71. The first-order chi connectivity index (χ1) is 5.37. The van der Waals surface area contributed by atoms with Crippen LogP contribution in [0.4, 0.5) is 4.79 Å². The lowest BCUT2D eigenvalue weighted by atomic mass is 10.3. The zero-order valence-electron chi connectivity index (χ0n) is 8.03. The normalized spacial score (nSPS) is 9.00. The standard InChI is InChI=1S/C7H14BN3O/c1-6(9(2)3)10(4)7(12)11(5)8/h1H2,2-5H3. The minimum atomic E-state index is -0.297. The maximum Gasteiger partial charge on any atom is 0.312 e. The third-order valence-electron chi connectivity index (χ3n) is 1.49. The minimum absolute atomic E-state index is 0.297. The second-order valence-electron chi connectivity index (χ2n) is 2.76. The fourth-order valence-corrected chi connectivity index (χ4v) is 0.647. The Bertz CT molecular complexity index is 171. The van der Waals surface area contributed by atoms with Crippen molar-refractivity contribution in [1.29, 1.82) is 0 Å². The van der Waals surface area contributed by atoms with Crippen molar-refractivity contribution in [3.63, 3.8) is 0 Å². The summed E-state index contributed by atoms with van der Waals surface area (Å²) in [5.41, 5.74) is 0. The van der Waals surface area contributed by atoms with Crippen LogP contribution >= 0.6 is 0 Å². The molecular formula is C7H14BN3O. The van der Waals surface area contributed by atoms with Gasteiger partial charge >= 0.3 is 6.03 Å². The molecule has 0 atom stereocenters. The average Bonchev–Trinajstić information content (AvgIpc) is 2.00.